The molecule has 0 aromatic rings. The number of nitrogens with one attached hydrogen (secondary N) is 1. The summed E-state index contributed by atoms with van der Waals surface area (Å²) in [5.74, 6) is 0. The standard InChI is InChI=1S/C15H28N2/c1-2-6-13(5-1)17(14-7-3-4-8-14)15-9-11-16-12-10-15/h13-16H,1-12H2. The molecule has 17 heavy (non-hydrogen) atoms. The Bertz CT molecular complexity index is 207. The van der Waals surface area contributed by atoms with E-state index in [2.05, 4.69) is 10.2 Å². The smallest absolute Gasteiger partial charge is 0.0125 e. The highest BCUT2D eigenvalue weighted by Crippen LogP contribution is 2.34. The fraction of sp³-hybridized carbons (Fsp3) is 1.00. The number of rotatable bonds is 3. The van der Waals surface area contributed by atoms with Crippen LogP contribution in [0.4, 0.5) is 0 Å². The van der Waals surface area contributed by atoms with Gasteiger partial charge < -0.3 is 5.32 Å². The molecule has 2 heteroatoms. The molecule has 0 spiro atoms. The lowest BCUT2D eigenvalue weighted by molar-refractivity contribution is 0.0638. The molecule has 1 aliphatic heterocycles. The van der Waals surface area contributed by atoms with E-state index < -0.39 is 0 Å². The van der Waals surface area contributed by atoms with Gasteiger partial charge in [0.2, 0.25) is 0 Å². The average Bonchev–Trinajstić information content (AvgIpc) is 3.04. The Hall–Kier alpha value is -0.0800. The van der Waals surface area contributed by atoms with E-state index in [9.17, 15) is 0 Å². The molecule has 0 aromatic carbocycles. The molecule has 98 valence electrons. The summed E-state index contributed by atoms with van der Waals surface area (Å²) in [5.41, 5.74) is 0. The molecule has 1 heterocycles. The summed E-state index contributed by atoms with van der Waals surface area (Å²) in [6.45, 7) is 2.50. The van der Waals surface area contributed by atoms with Gasteiger partial charge in [0.15, 0.2) is 0 Å². The van der Waals surface area contributed by atoms with Crippen molar-refractivity contribution in [1.29, 1.82) is 0 Å². The van der Waals surface area contributed by atoms with E-state index >= 15 is 0 Å². The highest BCUT2D eigenvalue weighted by Gasteiger charge is 2.35. The third kappa shape index (κ3) is 2.68. The van der Waals surface area contributed by atoms with Gasteiger partial charge >= 0.3 is 0 Å². The summed E-state index contributed by atoms with van der Waals surface area (Å²) in [5, 5.41) is 3.52. The molecule has 1 N–H and O–H groups in total. The van der Waals surface area contributed by atoms with Crippen LogP contribution in [0.2, 0.25) is 0 Å². The van der Waals surface area contributed by atoms with E-state index in [0.29, 0.717) is 0 Å². The van der Waals surface area contributed by atoms with Crippen LogP contribution in [-0.2, 0) is 0 Å². The van der Waals surface area contributed by atoms with Crippen LogP contribution in [0.5, 0.6) is 0 Å². The number of hydrogen-bond acceptors (Lipinski definition) is 2. The summed E-state index contributed by atoms with van der Waals surface area (Å²) in [6, 6.07) is 2.80. The fourth-order valence-corrected chi connectivity index (χ4v) is 4.40. The van der Waals surface area contributed by atoms with Crippen molar-refractivity contribution in [3.8, 4) is 0 Å². The summed E-state index contributed by atoms with van der Waals surface area (Å²) in [7, 11) is 0. The Labute approximate surface area is 106 Å². The molecule has 3 fully saturated rings. The zero-order chi connectivity index (χ0) is 11.5. The molecule has 0 amide bonds. The van der Waals surface area contributed by atoms with E-state index in [-0.39, 0.29) is 0 Å². The van der Waals surface area contributed by atoms with E-state index in [1.54, 1.807) is 0 Å². The summed E-state index contributed by atoms with van der Waals surface area (Å²) >= 11 is 0. The Morgan fingerprint density at radius 1 is 0.588 bits per heavy atom. The van der Waals surface area contributed by atoms with Crippen LogP contribution in [0.3, 0.4) is 0 Å². The molecule has 2 saturated carbocycles. The molecule has 2 aliphatic carbocycles. The maximum atomic E-state index is 3.52. The number of hydrogen-bond donors (Lipinski definition) is 1. The monoisotopic (exact) mass is 236 g/mol. The van der Waals surface area contributed by atoms with Crippen LogP contribution in [0.15, 0.2) is 0 Å². The molecule has 1 saturated heterocycles. The second-order valence-corrected chi connectivity index (χ2v) is 6.30. The van der Waals surface area contributed by atoms with Gasteiger partial charge in [0.1, 0.15) is 0 Å². The maximum absolute atomic E-state index is 3.52. The minimum absolute atomic E-state index is 0.905. The van der Waals surface area contributed by atoms with Gasteiger partial charge in [-0.1, -0.05) is 25.7 Å². The lowest BCUT2D eigenvalue weighted by Crippen LogP contribution is -2.51. The minimum Gasteiger partial charge on any atom is -0.317 e. The molecule has 0 radical (unpaired) electrons. The Kier molecular flexibility index (Phi) is 4.02. The summed E-state index contributed by atoms with van der Waals surface area (Å²) < 4.78 is 0. The van der Waals surface area contributed by atoms with Gasteiger partial charge in [0, 0.05) is 18.1 Å². The van der Waals surface area contributed by atoms with Gasteiger partial charge in [-0.15, -0.1) is 0 Å². The van der Waals surface area contributed by atoms with Gasteiger partial charge in [0.05, 0.1) is 0 Å². The van der Waals surface area contributed by atoms with Crippen molar-refractivity contribution in [2.75, 3.05) is 13.1 Å². The first kappa shape index (κ1) is 12.0. The number of piperidine rings is 1. The Morgan fingerprint density at radius 3 is 1.47 bits per heavy atom. The molecule has 0 unspecified atom stereocenters. The van der Waals surface area contributed by atoms with Gasteiger partial charge in [-0.05, 0) is 51.6 Å². The lowest BCUT2D eigenvalue weighted by atomic mass is 9.98. The van der Waals surface area contributed by atoms with Crippen molar-refractivity contribution in [3.63, 3.8) is 0 Å². The molecular formula is C15H28N2. The van der Waals surface area contributed by atoms with Crippen molar-refractivity contribution in [2.24, 2.45) is 0 Å². The molecule has 0 aromatic heterocycles. The van der Waals surface area contributed by atoms with Crippen LogP contribution in [0.25, 0.3) is 0 Å². The second kappa shape index (κ2) is 5.71. The maximum Gasteiger partial charge on any atom is 0.0125 e. The zero-order valence-corrected chi connectivity index (χ0v) is 11.2. The predicted octanol–water partition coefficient (Wildman–Crippen LogP) is 2.93. The molecule has 0 atom stereocenters. The van der Waals surface area contributed by atoms with Crippen LogP contribution >= 0.6 is 0 Å². The normalized spacial score (nSPS) is 29.5. The molecule has 2 nitrogen and oxygen atoms in total. The Balaban J connectivity index is 1.69. The lowest BCUT2D eigenvalue weighted by Gasteiger charge is -2.43. The first-order valence-electron chi connectivity index (χ1n) is 7.93. The highest BCUT2D eigenvalue weighted by atomic mass is 15.2. The van der Waals surface area contributed by atoms with Crippen LogP contribution < -0.4 is 5.32 Å². The first-order valence-corrected chi connectivity index (χ1v) is 7.93. The molecule has 3 rings (SSSR count). The average molecular weight is 236 g/mol. The zero-order valence-electron chi connectivity index (χ0n) is 11.2. The molecule has 0 bridgehead atoms. The van der Waals surface area contributed by atoms with Crippen molar-refractivity contribution >= 4 is 0 Å². The summed E-state index contributed by atoms with van der Waals surface area (Å²) in [4.78, 5) is 3.00. The van der Waals surface area contributed by atoms with Crippen molar-refractivity contribution < 1.29 is 0 Å². The van der Waals surface area contributed by atoms with Gasteiger partial charge in [0.25, 0.3) is 0 Å². The fourth-order valence-electron chi connectivity index (χ4n) is 4.40. The van der Waals surface area contributed by atoms with E-state index in [4.69, 9.17) is 0 Å². The predicted molar refractivity (Wildman–Crippen MR) is 72.2 cm³/mol. The number of nitrogens with zero attached hydrogens (tertiary/aromatic N) is 1. The quantitative estimate of drug-likeness (QED) is 0.810. The highest BCUT2D eigenvalue weighted by molar-refractivity contribution is 4.91. The summed E-state index contributed by atoms with van der Waals surface area (Å²) in [6.07, 6.45) is 14.7. The minimum atomic E-state index is 0.905. The van der Waals surface area contributed by atoms with Crippen LogP contribution in [0, 0.1) is 0 Å². The van der Waals surface area contributed by atoms with Gasteiger partial charge in [-0.25, -0.2) is 0 Å². The topological polar surface area (TPSA) is 15.3 Å². The third-order valence-electron chi connectivity index (χ3n) is 5.22. The van der Waals surface area contributed by atoms with Crippen molar-refractivity contribution in [2.45, 2.75) is 82.3 Å². The van der Waals surface area contributed by atoms with Crippen molar-refractivity contribution in [3.05, 3.63) is 0 Å². The van der Waals surface area contributed by atoms with Crippen molar-refractivity contribution in [1.82, 2.24) is 10.2 Å². The van der Waals surface area contributed by atoms with E-state index in [1.807, 2.05) is 0 Å². The van der Waals surface area contributed by atoms with E-state index in [1.165, 1.54) is 77.3 Å². The third-order valence-corrected chi connectivity index (χ3v) is 5.22. The van der Waals surface area contributed by atoms with Crippen LogP contribution in [0.1, 0.15) is 64.2 Å². The van der Waals surface area contributed by atoms with Gasteiger partial charge in [-0.3, -0.25) is 4.90 Å². The first-order chi connectivity index (χ1) is 8.45. The SMILES string of the molecule is C1CCC(N(C2CCCC2)C2CCNCC2)C1. The Morgan fingerprint density at radius 2 is 1.00 bits per heavy atom. The largest absolute Gasteiger partial charge is 0.317 e. The molecule has 3 aliphatic rings. The molecular weight excluding hydrogens is 208 g/mol. The van der Waals surface area contributed by atoms with E-state index in [0.717, 1.165) is 18.1 Å². The van der Waals surface area contributed by atoms with Crippen LogP contribution in [-0.4, -0.2) is 36.1 Å². The van der Waals surface area contributed by atoms with Gasteiger partial charge in [-0.2, -0.15) is 0 Å². The second-order valence-electron chi connectivity index (χ2n) is 6.30.